The molecule has 0 aliphatic heterocycles. The lowest BCUT2D eigenvalue weighted by Gasteiger charge is -2.26. The van der Waals surface area contributed by atoms with Crippen LogP contribution in [0.2, 0.25) is 0 Å². The Hall–Kier alpha value is -1.35. The van der Waals surface area contributed by atoms with E-state index in [0.717, 1.165) is 19.5 Å². The van der Waals surface area contributed by atoms with Gasteiger partial charge in [0, 0.05) is 18.4 Å². The van der Waals surface area contributed by atoms with Crippen LogP contribution in [0.25, 0.3) is 0 Å². The summed E-state index contributed by atoms with van der Waals surface area (Å²) in [6, 6.07) is 8.62. The summed E-state index contributed by atoms with van der Waals surface area (Å²) >= 11 is 0. The highest BCUT2D eigenvalue weighted by molar-refractivity contribution is 5.69. The Bertz CT molecular complexity index is 413. The van der Waals surface area contributed by atoms with E-state index in [9.17, 15) is 4.79 Å². The number of rotatable bonds is 7. The number of esters is 1. The highest BCUT2D eigenvalue weighted by Gasteiger charge is 2.19. The van der Waals surface area contributed by atoms with Crippen molar-refractivity contribution >= 4 is 5.97 Å². The molecule has 0 aliphatic rings. The summed E-state index contributed by atoms with van der Waals surface area (Å²) in [7, 11) is 1.43. The smallest absolute Gasteiger partial charge is 0.305 e. The number of hydrogen-bond donors (Lipinski definition) is 1. The third-order valence-electron chi connectivity index (χ3n) is 3.33. The fraction of sp³-hybridized carbons (Fsp3) is 0.562. The Morgan fingerprint density at radius 2 is 2.11 bits per heavy atom. The van der Waals surface area contributed by atoms with Crippen LogP contribution in [0.5, 0.6) is 0 Å². The van der Waals surface area contributed by atoms with Gasteiger partial charge in [-0.25, -0.2) is 0 Å². The molecule has 0 radical (unpaired) electrons. The average molecular weight is 263 g/mol. The van der Waals surface area contributed by atoms with Crippen molar-refractivity contribution in [3.8, 4) is 0 Å². The van der Waals surface area contributed by atoms with Crippen molar-refractivity contribution in [2.24, 2.45) is 0 Å². The summed E-state index contributed by atoms with van der Waals surface area (Å²) < 4.78 is 4.61. The minimum atomic E-state index is -0.139. The van der Waals surface area contributed by atoms with Crippen LogP contribution < -0.4 is 5.32 Å². The van der Waals surface area contributed by atoms with Crippen molar-refractivity contribution in [3.05, 3.63) is 35.4 Å². The molecule has 3 nitrogen and oxygen atoms in total. The number of nitrogens with one attached hydrogen (secondary N) is 1. The van der Waals surface area contributed by atoms with Crippen LogP contribution in [-0.2, 0) is 14.9 Å². The van der Waals surface area contributed by atoms with Crippen molar-refractivity contribution in [1.29, 1.82) is 0 Å². The lowest BCUT2D eigenvalue weighted by Crippen LogP contribution is -2.33. The highest BCUT2D eigenvalue weighted by atomic mass is 16.5. The predicted octanol–water partition coefficient (Wildman–Crippen LogP) is 2.82. The average Bonchev–Trinajstić information content (AvgIpc) is 2.38. The van der Waals surface area contributed by atoms with Crippen LogP contribution in [-0.4, -0.2) is 26.2 Å². The van der Waals surface area contributed by atoms with E-state index in [-0.39, 0.29) is 11.4 Å². The molecule has 0 fully saturated rings. The molecule has 3 heteroatoms. The summed E-state index contributed by atoms with van der Waals surface area (Å²) in [5, 5.41) is 3.42. The second kappa shape index (κ2) is 7.29. The van der Waals surface area contributed by atoms with Gasteiger partial charge in [0.15, 0.2) is 0 Å². The first-order valence-corrected chi connectivity index (χ1v) is 6.80. The van der Waals surface area contributed by atoms with E-state index >= 15 is 0 Å². The van der Waals surface area contributed by atoms with Crippen molar-refractivity contribution < 1.29 is 9.53 Å². The predicted molar refractivity (Wildman–Crippen MR) is 78.3 cm³/mol. The third kappa shape index (κ3) is 5.43. The number of hydrogen-bond acceptors (Lipinski definition) is 3. The van der Waals surface area contributed by atoms with E-state index in [1.807, 2.05) is 0 Å². The molecule has 0 aliphatic carbocycles. The van der Waals surface area contributed by atoms with Crippen molar-refractivity contribution in [2.75, 3.05) is 20.2 Å². The number of ether oxygens (including phenoxy) is 1. The topological polar surface area (TPSA) is 38.3 Å². The normalized spacial score (nSPS) is 11.4. The Morgan fingerprint density at radius 3 is 2.74 bits per heavy atom. The quantitative estimate of drug-likeness (QED) is 0.607. The van der Waals surface area contributed by atoms with E-state index in [1.54, 1.807) is 0 Å². The molecule has 0 aromatic heterocycles. The molecule has 0 atom stereocenters. The molecule has 1 rings (SSSR count). The van der Waals surface area contributed by atoms with Crippen molar-refractivity contribution in [1.82, 2.24) is 5.32 Å². The monoisotopic (exact) mass is 263 g/mol. The van der Waals surface area contributed by atoms with Crippen LogP contribution in [0.1, 0.15) is 37.8 Å². The van der Waals surface area contributed by atoms with Crippen LogP contribution >= 0.6 is 0 Å². The number of aryl methyl sites for hydroxylation is 1. The standard InChI is InChI=1S/C16H25NO2/c1-13-7-5-8-14(11-13)16(2,3)12-17-10-6-9-15(18)19-4/h5,7-8,11,17H,6,9-10,12H2,1-4H3. The van der Waals surface area contributed by atoms with Crippen molar-refractivity contribution in [3.63, 3.8) is 0 Å². The molecule has 0 spiro atoms. The minimum absolute atomic E-state index is 0.0945. The molecule has 0 saturated carbocycles. The molecular weight excluding hydrogens is 238 g/mol. The van der Waals surface area contributed by atoms with E-state index in [0.29, 0.717) is 6.42 Å². The van der Waals surface area contributed by atoms with E-state index in [2.05, 4.69) is 55.1 Å². The van der Waals surface area contributed by atoms with Gasteiger partial charge in [-0.3, -0.25) is 4.79 Å². The van der Waals surface area contributed by atoms with Gasteiger partial charge in [-0.15, -0.1) is 0 Å². The number of methoxy groups -OCH3 is 1. The second-order valence-corrected chi connectivity index (χ2v) is 5.61. The lowest BCUT2D eigenvalue weighted by atomic mass is 9.84. The van der Waals surface area contributed by atoms with Gasteiger partial charge in [0.25, 0.3) is 0 Å². The van der Waals surface area contributed by atoms with E-state index < -0.39 is 0 Å². The SMILES string of the molecule is COC(=O)CCCNCC(C)(C)c1cccc(C)c1. The highest BCUT2D eigenvalue weighted by Crippen LogP contribution is 2.22. The summed E-state index contributed by atoms with van der Waals surface area (Å²) in [4.78, 5) is 11.0. The number of carbonyl (C=O) groups excluding carboxylic acids is 1. The van der Waals surface area contributed by atoms with Crippen LogP contribution in [0.3, 0.4) is 0 Å². The summed E-state index contributed by atoms with van der Waals surface area (Å²) in [5.74, 6) is -0.139. The van der Waals surface area contributed by atoms with Gasteiger partial charge in [-0.05, 0) is 25.5 Å². The maximum absolute atomic E-state index is 11.0. The molecule has 1 N–H and O–H groups in total. The van der Waals surface area contributed by atoms with Gasteiger partial charge < -0.3 is 10.1 Å². The van der Waals surface area contributed by atoms with Gasteiger partial charge in [0.2, 0.25) is 0 Å². The van der Waals surface area contributed by atoms with Gasteiger partial charge >= 0.3 is 5.97 Å². The third-order valence-corrected chi connectivity index (χ3v) is 3.33. The van der Waals surface area contributed by atoms with Crippen LogP contribution in [0, 0.1) is 6.92 Å². The van der Waals surface area contributed by atoms with E-state index in [1.165, 1.54) is 18.2 Å². The number of benzene rings is 1. The van der Waals surface area contributed by atoms with Gasteiger partial charge in [0.1, 0.15) is 0 Å². The fourth-order valence-electron chi connectivity index (χ4n) is 2.03. The molecular formula is C16H25NO2. The fourth-order valence-corrected chi connectivity index (χ4v) is 2.03. The zero-order valence-electron chi connectivity index (χ0n) is 12.5. The molecule has 1 aromatic carbocycles. The van der Waals surface area contributed by atoms with Gasteiger partial charge in [-0.1, -0.05) is 43.7 Å². The molecule has 0 bridgehead atoms. The zero-order valence-corrected chi connectivity index (χ0v) is 12.5. The molecule has 1 aromatic rings. The Labute approximate surface area is 116 Å². The van der Waals surface area contributed by atoms with E-state index in [4.69, 9.17) is 0 Å². The summed E-state index contributed by atoms with van der Waals surface area (Å²) in [6.07, 6.45) is 1.30. The minimum Gasteiger partial charge on any atom is -0.469 e. The lowest BCUT2D eigenvalue weighted by molar-refractivity contribution is -0.140. The summed E-state index contributed by atoms with van der Waals surface area (Å²) in [5.41, 5.74) is 2.72. The number of carbonyl (C=O) groups is 1. The second-order valence-electron chi connectivity index (χ2n) is 5.61. The maximum atomic E-state index is 11.0. The molecule has 0 unspecified atom stereocenters. The Balaban J connectivity index is 2.37. The maximum Gasteiger partial charge on any atom is 0.305 e. The first-order chi connectivity index (χ1) is 8.95. The van der Waals surface area contributed by atoms with Gasteiger partial charge in [-0.2, -0.15) is 0 Å². The summed E-state index contributed by atoms with van der Waals surface area (Å²) in [6.45, 7) is 8.31. The first-order valence-electron chi connectivity index (χ1n) is 6.80. The zero-order chi connectivity index (χ0) is 14.3. The molecule has 0 saturated heterocycles. The molecule has 0 heterocycles. The largest absolute Gasteiger partial charge is 0.469 e. The van der Waals surface area contributed by atoms with Crippen molar-refractivity contribution in [2.45, 2.75) is 39.0 Å². The first kappa shape index (κ1) is 15.7. The van der Waals surface area contributed by atoms with Gasteiger partial charge in [0.05, 0.1) is 7.11 Å². The van der Waals surface area contributed by atoms with Crippen LogP contribution in [0.15, 0.2) is 24.3 Å². The molecule has 106 valence electrons. The Kier molecular flexibility index (Phi) is 6.03. The molecule has 0 amide bonds. The Morgan fingerprint density at radius 1 is 1.37 bits per heavy atom. The molecule has 19 heavy (non-hydrogen) atoms. The van der Waals surface area contributed by atoms with Crippen LogP contribution in [0.4, 0.5) is 0 Å².